The number of carbonyl (C=O) groups excluding carboxylic acids is 1. The normalized spacial score (nSPS) is 14.0. The highest BCUT2D eigenvalue weighted by atomic mass is 32.1. The third-order valence-corrected chi connectivity index (χ3v) is 7.18. The van der Waals surface area contributed by atoms with Crippen molar-refractivity contribution in [1.29, 1.82) is 0 Å². The molecule has 1 aliphatic heterocycles. The Balaban J connectivity index is 1.39. The maximum atomic E-state index is 11.5. The Morgan fingerprint density at radius 1 is 1.14 bits per heavy atom. The number of hydrogen-bond acceptors (Lipinski definition) is 8. The largest absolute Gasteiger partial charge is 0.380 e. The van der Waals surface area contributed by atoms with Gasteiger partial charge >= 0.3 is 0 Å². The van der Waals surface area contributed by atoms with Crippen molar-refractivity contribution in [1.82, 2.24) is 20.2 Å². The number of carbonyl (C=O) groups is 1. The summed E-state index contributed by atoms with van der Waals surface area (Å²) >= 11 is 1.68. The van der Waals surface area contributed by atoms with Crippen molar-refractivity contribution in [2.24, 2.45) is 5.73 Å². The fraction of sp³-hybridized carbons (Fsp3) is 0.200. The molecule has 1 fully saturated rings. The highest BCUT2D eigenvalue weighted by Gasteiger charge is 2.21. The molecule has 0 saturated carbocycles. The molecule has 0 atom stereocenters. The van der Waals surface area contributed by atoms with Gasteiger partial charge in [-0.2, -0.15) is 5.10 Å². The maximum Gasteiger partial charge on any atom is 0.248 e. The van der Waals surface area contributed by atoms with E-state index in [0.29, 0.717) is 31.1 Å². The number of morpholine rings is 1. The van der Waals surface area contributed by atoms with Crippen LogP contribution in [-0.4, -0.2) is 52.4 Å². The average Bonchev–Trinajstić information content (AvgIpc) is 3.54. The number of rotatable bonds is 6. The van der Waals surface area contributed by atoms with Gasteiger partial charge < -0.3 is 20.7 Å². The van der Waals surface area contributed by atoms with E-state index in [4.69, 9.17) is 20.4 Å². The highest BCUT2D eigenvalue weighted by molar-refractivity contribution is 7.19. The molecule has 4 N–H and O–H groups in total. The van der Waals surface area contributed by atoms with Crippen molar-refractivity contribution in [2.75, 3.05) is 36.5 Å². The first-order valence-electron chi connectivity index (χ1n) is 11.3. The molecule has 1 amide bonds. The lowest BCUT2D eigenvalue weighted by Gasteiger charge is -2.28. The molecular formula is C25H23N7O2S. The van der Waals surface area contributed by atoms with Gasteiger partial charge in [-0.1, -0.05) is 18.2 Å². The van der Waals surface area contributed by atoms with Crippen molar-refractivity contribution in [3.05, 3.63) is 65.2 Å². The SMILES string of the molecule is NC(=O)c1cccc(NCc2cc3nc(-c4cccc5[nH]ncc45)nc(N4CCOCC4)c3s2)c1. The summed E-state index contributed by atoms with van der Waals surface area (Å²) in [7, 11) is 0. The number of anilines is 2. The summed E-state index contributed by atoms with van der Waals surface area (Å²) in [6, 6.07) is 15.3. The number of nitrogens with one attached hydrogen (secondary N) is 2. The van der Waals surface area contributed by atoms with Gasteiger partial charge in [-0.05, 0) is 30.3 Å². The minimum absolute atomic E-state index is 0.443. The fourth-order valence-corrected chi connectivity index (χ4v) is 5.35. The summed E-state index contributed by atoms with van der Waals surface area (Å²) in [6.45, 7) is 3.51. The van der Waals surface area contributed by atoms with Gasteiger partial charge in [0.25, 0.3) is 0 Å². The number of ether oxygens (including phenoxy) is 1. The summed E-state index contributed by atoms with van der Waals surface area (Å²) in [4.78, 5) is 24.9. The van der Waals surface area contributed by atoms with Crippen LogP contribution in [0.25, 0.3) is 32.5 Å². The second-order valence-electron chi connectivity index (χ2n) is 8.33. The van der Waals surface area contributed by atoms with Gasteiger partial charge in [0.1, 0.15) is 0 Å². The van der Waals surface area contributed by atoms with Crippen LogP contribution in [0.1, 0.15) is 15.2 Å². The molecule has 9 nitrogen and oxygen atoms in total. The first-order valence-corrected chi connectivity index (χ1v) is 12.2. The van der Waals surface area contributed by atoms with E-state index in [1.54, 1.807) is 23.5 Å². The molecule has 0 spiro atoms. The molecule has 5 aromatic rings. The molecule has 6 rings (SSSR count). The molecule has 0 aliphatic carbocycles. The summed E-state index contributed by atoms with van der Waals surface area (Å²) < 4.78 is 6.63. The van der Waals surface area contributed by atoms with Gasteiger partial charge in [0.15, 0.2) is 11.6 Å². The highest BCUT2D eigenvalue weighted by Crippen LogP contribution is 2.36. The standard InChI is InChI=1S/C25H23N7O2S/c26-23(33)15-3-1-4-16(11-15)27-13-17-12-21-22(35-17)25(32-7-9-34-10-8-32)30-24(29-21)18-5-2-6-20-19(18)14-28-31-20/h1-6,11-12,14,27H,7-10,13H2,(H2,26,33)(H,28,31). The monoisotopic (exact) mass is 485 g/mol. The minimum atomic E-state index is -0.443. The first-order chi connectivity index (χ1) is 17.2. The summed E-state index contributed by atoms with van der Waals surface area (Å²) in [6.07, 6.45) is 1.82. The van der Waals surface area contributed by atoms with E-state index in [2.05, 4.69) is 26.5 Å². The number of benzene rings is 2. The van der Waals surface area contributed by atoms with Gasteiger partial charge in [0, 0.05) is 46.7 Å². The average molecular weight is 486 g/mol. The van der Waals surface area contributed by atoms with Crippen LogP contribution in [-0.2, 0) is 11.3 Å². The van der Waals surface area contributed by atoms with Gasteiger partial charge in [-0.3, -0.25) is 9.89 Å². The van der Waals surface area contributed by atoms with Crippen LogP contribution >= 0.6 is 11.3 Å². The fourth-order valence-electron chi connectivity index (χ4n) is 4.30. The van der Waals surface area contributed by atoms with E-state index >= 15 is 0 Å². The number of primary amides is 1. The number of H-pyrrole nitrogens is 1. The van der Waals surface area contributed by atoms with Crippen molar-refractivity contribution >= 4 is 49.9 Å². The predicted octanol–water partition coefficient (Wildman–Crippen LogP) is 3.78. The molecule has 176 valence electrons. The summed E-state index contributed by atoms with van der Waals surface area (Å²) in [5.74, 6) is 1.17. The van der Waals surface area contributed by atoms with E-state index in [0.717, 1.165) is 56.2 Å². The van der Waals surface area contributed by atoms with E-state index in [1.807, 2.05) is 36.5 Å². The number of thiophene rings is 1. The Hall–Kier alpha value is -4.02. The van der Waals surface area contributed by atoms with Crippen LogP contribution in [0.3, 0.4) is 0 Å². The number of nitrogens with two attached hydrogens (primary N) is 1. The molecule has 1 saturated heterocycles. The number of nitrogens with zero attached hydrogens (tertiary/aromatic N) is 4. The molecule has 1 aliphatic rings. The molecule has 35 heavy (non-hydrogen) atoms. The smallest absolute Gasteiger partial charge is 0.248 e. The zero-order chi connectivity index (χ0) is 23.8. The van der Waals surface area contributed by atoms with E-state index in [1.165, 1.54) is 0 Å². The van der Waals surface area contributed by atoms with Gasteiger partial charge in [0.2, 0.25) is 5.91 Å². The Labute approximate surface area is 204 Å². The molecule has 0 radical (unpaired) electrons. The second-order valence-corrected chi connectivity index (χ2v) is 9.47. The van der Waals surface area contributed by atoms with Crippen molar-refractivity contribution in [3.8, 4) is 11.4 Å². The van der Waals surface area contributed by atoms with Crippen LogP contribution in [0, 0.1) is 0 Å². The number of amides is 1. The van der Waals surface area contributed by atoms with Crippen molar-refractivity contribution in [2.45, 2.75) is 6.54 Å². The van der Waals surface area contributed by atoms with Crippen LogP contribution in [0.15, 0.2) is 54.7 Å². The van der Waals surface area contributed by atoms with Gasteiger partial charge in [-0.15, -0.1) is 11.3 Å². The molecule has 0 unspecified atom stereocenters. The zero-order valence-electron chi connectivity index (χ0n) is 18.8. The molecule has 3 aromatic heterocycles. The van der Waals surface area contributed by atoms with Crippen molar-refractivity contribution in [3.63, 3.8) is 0 Å². The Bertz CT molecular complexity index is 1540. The number of hydrogen-bond donors (Lipinski definition) is 3. The van der Waals surface area contributed by atoms with Crippen LogP contribution in [0.5, 0.6) is 0 Å². The maximum absolute atomic E-state index is 11.5. The van der Waals surface area contributed by atoms with Crippen molar-refractivity contribution < 1.29 is 9.53 Å². The lowest BCUT2D eigenvalue weighted by Crippen LogP contribution is -2.36. The Morgan fingerprint density at radius 2 is 2.00 bits per heavy atom. The molecule has 4 heterocycles. The quantitative estimate of drug-likeness (QED) is 0.335. The summed E-state index contributed by atoms with van der Waals surface area (Å²) in [5, 5.41) is 11.6. The van der Waals surface area contributed by atoms with Crippen LogP contribution < -0.4 is 16.0 Å². The summed E-state index contributed by atoms with van der Waals surface area (Å²) in [5.41, 5.74) is 9.54. The van der Waals surface area contributed by atoms with Crippen LogP contribution in [0.2, 0.25) is 0 Å². The minimum Gasteiger partial charge on any atom is -0.380 e. The zero-order valence-corrected chi connectivity index (χ0v) is 19.6. The van der Waals surface area contributed by atoms with E-state index in [-0.39, 0.29) is 0 Å². The molecule has 2 aromatic carbocycles. The van der Waals surface area contributed by atoms with E-state index < -0.39 is 5.91 Å². The third kappa shape index (κ3) is 4.17. The van der Waals surface area contributed by atoms with Crippen LogP contribution in [0.4, 0.5) is 11.5 Å². The lowest BCUT2D eigenvalue weighted by atomic mass is 10.1. The lowest BCUT2D eigenvalue weighted by molar-refractivity contribution is 0.100. The number of aromatic amines is 1. The number of aromatic nitrogens is 4. The first kappa shape index (κ1) is 21.5. The Kier molecular flexibility index (Phi) is 5.51. The van der Waals surface area contributed by atoms with E-state index in [9.17, 15) is 4.79 Å². The molecule has 0 bridgehead atoms. The number of fused-ring (bicyclic) bond motifs is 2. The molecular weight excluding hydrogens is 462 g/mol. The predicted molar refractivity (Wildman–Crippen MR) is 138 cm³/mol. The second kappa shape index (κ2) is 8.97. The Morgan fingerprint density at radius 3 is 2.86 bits per heavy atom. The topological polar surface area (TPSA) is 122 Å². The van der Waals surface area contributed by atoms with Gasteiger partial charge in [0.05, 0.1) is 35.1 Å². The van der Waals surface area contributed by atoms with Gasteiger partial charge in [-0.25, -0.2) is 9.97 Å². The third-order valence-electron chi connectivity index (χ3n) is 6.05. The molecule has 10 heteroatoms.